The summed E-state index contributed by atoms with van der Waals surface area (Å²) in [6, 6.07) is 7.75. The van der Waals surface area contributed by atoms with Crippen LogP contribution in [-0.4, -0.2) is 71.1 Å². The largest absolute Gasteiger partial charge is 0.377 e. The number of urea groups is 1. The number of benzene rings is 1. The fourth-order valence-corrected chi connectivity index (χ4v) is 4.77. The first-order valence-electron chi connectivity index (χ1n) is 13.3. The minimum Gasteiger partial charge on any atom is -0.377 e. The summed E-state index contributed by atoms with van der Waals surface area (Å²) in [7, 11) is 0. The quantitative estimate of drug-likeness (QED) is 0.455. The van der Waals surface area contributed by atoms with Crippen LogP contribution in [0.5, 0.6) is 0 Å². The number of carbonyl (C=O) groups is 3. The van der Waals surface area contributed by atoms with E-state index in [-0.39, 0.29) is 23.9 Å². The average molecular weight is 522 g/mol. The number of amides is 4. The van der Waals surface area contributed by atoms with E-state index in [1.54, 1.807) is 0 Å². The van der Waals surface area contributed by atoms with E-state index in [1.165, 1.54) is 6.92 Å². The molecule has 0 radical (unpaired) electrons. The third-order valence-electron chi connectivity index (χ3n) is 7.01. The van der Waals surface area contributed by atoms with Crippen molar-refractivity contribution in [2.24, 2.45) is 0 Å². The average Bonchev–Trinajstić information content (AvgIpc) is 3.60. The summed E-state index contributed by atoms with van der Waals surface area (Å²) in [6.45, 7) is 6.91. The van der Waals surface area contributed by atoms with E-state index in [2.05, 4.69) is 27.8 Å². The molecule has 0 bridgehead atoms. The van der Waals surface area contributed by atoms with Crippen LogP contribution in [0.15, 0.2) is 24.3 Å². The number of hydrogen-bond donors (Lipinski definition) is 3. The number of nitrogens with one attached hydrogen (secondary N) is 3. The zero-order valence-electron chi connectivity index (χ0n) is 22.0. The Morgan fingerprint density at radius 2 is 1.89 bits per heavy atom. The fraction of sp³-hybridized carbons (Fsp3) is 0.519. The van der Waals surface area contributed by atoms with Crippen molar-refractivity contribution in [2.75, 3.05) is 36.5 Å². The molecular weight excluding hydrogens is 486 g/mol. The van der Waals surface area contributed by atoms with E-state index in [1.807, 2.05) is 29.2 Å². The zero-order valence-corrected chi connectivity index (χ0v) is 22.0. The van der Waals surface area contributed by atoms with Gasteiger partial charge in [-0.1, -0.05) is 0 Å². The molecular formula is C27H35N7O4. The lowest BCUT2D eigenvalue weighted by Crippen LogP contribution is -2.44. The predicted octanol–water partition coefficient (Wildman–Crippen LogP) is 2.41. The molecule has 1 aromatic heterocycles. The molecule has 202 valence electrons. The first-order valence-corrected chi connectivity index (χ1v) is 13.3. The number of fused-ring (bicyclic) bond motifs is 1. The van der Waals surface area contributed by atoms with Gasteiger partial charge in [-0.2, -0.15) is 0 Å². The van der Waals surface area contributed by atoms with Crippen molar-refractivity contribution in [1.29, 1.82) is 0 Å². The number of ether oxygens (including phenoxy) is 1. The van der Waals surface area contributed by atoms with Gasteiger partial charge in [0.25, 0.3) is 0 Å². The second-order valence-corrected chi connectivity index (χ2v) is 10.2. The second-order valence-electron chi connectivity index (χ2n) is 10.2. The molecule has 11 heteroatoms. The molecule has 2 fully saturated rings. The maximum atomic E-state index is 13.0. The van der Waals surface area contributed by atoms with Crippen molar-refractivity contribution in [3.05, 3.63) is 35.5 Å². The Labute approximate surface area is 222 Å². The van der Waals surface area contributed by atoms with Crippen LogP contribution in [0.3, 0.4) is 0 Å². The first-order chi connectivity index (χ1) is 18.4. The van der Waals surface area contributed by atoms with Gasteiger partial charge in [-0.05, 0) is 50.5 Å². The minimum absolute atomic E-state index is 0.0378. The number of nitrogens with zero attached hydrogens (tertiary/aromatic N) is 4. The maximum Gasteiger partial charge on any atom is 0.319 e. The molecule has 1 saturated carbocycles. The van der Waals surface area contributed by atoms with E-state index in [4.69, 9.17) is 14.7 Å². The van der Waals surface area contributed by atoms with Gasteiger partial charge < -0.3 is 30.5 Å². The van der Waals surface area contributed by atoms with Crippen LogP contribution in [-0.2, 0) is 27.4 Å². The highest BCUT2D eigenvalue weighted by molar-refractivity contribution is 5.90. The molecule has 1 aromatic carbocycles. The van der Waals surface area contributed by atoms with Gasteiger partial charge in [-0.3, -0.25) is 9.59 Å². The third kappa shape index (κ3) is 6.21. The minimum atomic E-state index is -0.195. The molecule has 0 spiro atoms. The van der Waals surface area contributed by atoms with Crippen LogP contribution in [0.1, 0.15) is 50.8 Å². The molecule has 38 heavy (non-hydrogen) atoms. The smallest absolute Gasteiger partial charge is 0.319 e. The number of rotatable bonds is 8. The summed E-state index contributed by atoms with van der Waals surface area (Å²) in [5, 5.41) is 8.52. The zero-order chi connectivity index (χ0) is 26.6. The summed E-state index contributed by atoms with van der Waals surface area (Å²) in [5.74, 6) is 1.38. The number of aromatic nitrogens is 2. The molecule has 11 nitrogen and oxygen atoms in total. The highest BCUT2D eigenvalue weighted by atomic mass is 16.5. The summed E-state index contributed by atoms with van der Waals surface area (Å²) < 4.78 is 5.65. The molecule has 1 unspecified atom stereocenters. The molecule has 2 aromatic rings. The predicted molar refractivity (Wildman–Crippen MR) is 142 cm³/mol. The van der Waals surface area contributed by atoms with Crippen molar-refractivity contribution in [1.82, 2.24) is 25.5 Å². The van der Waals surface area contributed by atoms with E-state index in [0.717, 1.165) is 35.5 Å². The Hall–Kier alpha value is -3.73. The van der Waals surface area contributed by atoms with Gasteiger partial charge in [0, 0.05) is 49.3 Å². The summed E-state index contributed by atoms with van der Waals surface area (Å²) in [4.78, 5) is 50.1. The van der Waals surface area contributed by atoms with Crippen molar-refractivity contribution >= 4 is 29.4 Å². The molecule has 3 N–H and O–H groups in total. The monoisotopic (exact) mass is 521 g/mol. The normalized spacial score (nSPS) is 18.6. The van der Waals surface area contributed by atoms with E-state index < -0.39 is 0 Å². The number of carbonyl (C=O) groups excluding carboxylic acids is 3. The molecule has 1 atom stereocenters. The standard InChI is InChI=1S/C27H35N7O4/c1-17-16-38-13-12-34(17)26-22-14-33(24(36)4-3-11-28-18(2)35)15-23(22)31-25(32-26)19-5-7-20(8-6-19)29-27(37)30-21-9-10-21/h5-8,17,21H,3-4,9-16H2,1-2H3,(H,28,35)(H2,29,30,37). The van der Waals surface area contributed by atoms with Gasteiger partial charge in [0.1, 0.15) is 5.82 Å². The van der Waals surface area contributed by atoms with Gasteiger partial charge in [0.15, 0.2) is 5.82 Å². The Morgan fingerprint density at radius 3 is 2.61 bits per heavy atom. The van der Waals surface area contributed by atoms with Crippen LogP contribution in [0, 0.1) is 0 Å². The third-order valence-corrected chi connectivity index (χ3v) is 7.01. The van der Waals surface area contributed by atoms with Gasteiger partial charge >= 0.3 is 6.03 Å². The van der Waals surface area contributed by atoms with E-state index in [0.29, 0.717) is 69.8 Å². The van der Waals surface area contributed by atoms with Gasteiger partial charge in [0.2, 0.25) is 11.8 Å². The first kappa shape index (κ1) is 25.9. The van der Waals surface area contributed by atoms with Crippen LogP contribution in [0.4, 0.5) is 16.3 Å². The van der Waals surface area contributed by atoms with Crippen molar-refractivity contribution in [2.45, 2.75) is 64.7 Å². The highest BCUT2D eigenvalue weighted by Gasteiger charge is 2.32. The summed E-state index contributed by atoms with van der Waals surface area (Å²) in [6.07, 6.45) is 3.02. The molecule has 1 aliphatic carbocycles. The van der Waals surface area contributed by atoms with Crippen molar-refractivity contribution in [3.8, 4) is 11.4 Å². The SMILES string of the molecule is CC(=O)NCCCC(=O)N1Cc2nc(-c3ccc(NC(=O)NC4CC4)cc3)nc(N3CCOCC3C)c2C1. The fourth-order valence-electron chi connectivity index (χ4n) is 4.77. The van der Waals surface area contributed by atoms with Crippen LogP contribution in [0.25, 0.3) is 11.4 Å². The van der Waals surface area contributed by atoms with Crippen LogP contribution >= 0.6 is 0 Å². The lowest BCUT2D eigenvalue weighted by Gasteiger charge is -2.35. The summed E-state index contributed by atoms with van der Waals surface area (Å²) >= 11 is 0. The summed E-state index contributed by atoms with van der Waals surface area (Å²) in [5.41, 5.74) is 3.37. The highest BCUT2D eigenvalue weighted by Crippen LogP contribution is 2.34. The van der Waals surface area contributed by atoms with Crippen LogP contribution < -0.4 is 20.9 Å². The molecule has 5 rings (SSSR count). The van der Waals surface area contributed by atoms with Gasteiger partial charge in [0.05, 0.1) is 38.0 Å². The lowest BCUT2D eigenvalue weighted by molar-refractivity contribution is -0.132. The van der Waals surface area contributed by atoms with Crippen molar-refractivity contribution < 1.29 is 19.1 Å². The second kappa shape index (κ2) is 11.3. The Morgan fingerprint density at radius 1 is 1.11 bits per heavy atom. The Balaban J connectivity index is 1.35. The molecule has 2 aliphatic heterocycles. The molecule has 3 aliphatic rings. The van der Waals surface area contributed by atoms with E-state index >= 15 is 0 Å². The van der Waals surface area contributed by atoms with Crippen molar-refractivity contribution in [3.63, 3.8) is 0 Å². The van der Waals surface area contributed by atoms with Crippen LogP contribution in [0.2, 0.25) is 0 Å². The number of morpholine rings is 1. The van der Waals surface area contributed by atoms with E-state index in [9.17, 15) is 14.4 Å². The molecule has 4 amide bonds. The topological polar surface area (TPSA) is 129 Å². The lowest BCUT2D eigenvalue weighted by atomic mass is 10.1. The Bertz CT molecular complexity index is 1200. The van der Waals surface area contributed by atoms with Gasteiger partial charge in [-0.15, -0.1) is 0 Å². The molecule has 1 saturated heterocycles. The maximum absolute atomic E-state index is 13.0. The van der Waals surface area contributed by atoms with Gasteiger partial charge in [-0.25, -0.2) is 14.8 Å². The number of hydrogen-bond acceptors (Lipinski definition) is 7. The Kier molecular flexibility index (Phi) is 7.73. The number of anilines is 2. The molecule has 3 heterocycles.